The first-order valence-corrected chi connectivity index (χ1v) is 18.8. The van der Waals surface area contributed by atoms with Crippen LogP contribution in [0.1, 0.15) is 25.6 Å². The van der Waals surface area contributed by atoms with E-state index in [0.29, 0.717) is 25.4 Å². The minimum atomic E-state index is -1.17. The quantitative estimate of drug-likeness (QED) is 0.140. The lowest BCUT2D eigenvalue weighted by Crippen LogP contribution is -2.46. The largest absolute Gasteiger partial charge is 0.465 e. The van der Waals surface area contributed by atoms with E-state index < -0.39 is 25.4 Å². The maximum Gasteiger partial charge on any atom is 0.408 e. The fourth-order valence-electron chi connectivity index (χ4n) is 4.29. The topological polar surface area (TPSA) is 120 Å². The van der Waals surface area contributed by atoms with Gasteiger partial charge in [0.25, 0.3) is 0 Å². The highest BCUT2D eigenvalue weighted by Crippen LogP contribution is 2.30. The highest BCUT2D eigenvalue weighted by atomic mass is 32.1. The van der Waals surface area contributed by atoms with Crippen LogP contribution >= 0.6 is 11.3 Å². The lowest BCUT2D eigenvalue weighted by Gasteiger charge is -2.33. The molecule has 0 aliphatic rings. The Bertz CT molecular complexity index is 1640. The number of hydrogen-bond acceptors (Lipinski definition) is 7. The van der Waals surface area contributed by atoms with Crippen molar-refractivity contribution in [1.29, 1.82) is 0 Å². The molecule has 0 fully saturated rings. The Morgan fingerprint density at radius 3 is 2.45 bits per heavy atom. The molecule has 0 radical (unpaired) electrons. The van der Waals surface area contributed by atoms with Gasteiger partial charge in [0.1, 0.15) is 19.4 Å². The first-order chi connectivity index (χ1) is 20.7. The third-order valence-electron chi connectivity index (χ3n) is 6.88. The van der Waals surface area contributed by atoms with Crippen LogP contribution in [0.2, 0.25) is 25.7 Å². The molecule has 4 rings (SSSR count). The Balaban J connectivity index is 1.36. The molecule has 0 aliphatic carbocycles. The van der Waals surface area contributed by atoms with Crippen molar-refractivity contribution in [3.8, 4) is 21.8 Å². The molecule has 14 heteroatoms. The molecule has 4 aromatic rings. The molecule has 44 heavy (non-hydrogen) atoms. The van der Waals surface area contributed by atoms with Gasteiger partial charge in [0.2, 0.25) is 0 Å². The van der Waals surface area contributed by atoms with Crippen LogP contribution in [0.25, 0.3) is 21.8 Å². The third-order valence-corrected chi connectivity index (χ3v) is 9.70. The summed E-state index contributed by atoms with van der Waals surface area (Å²) in [6, 6.07) is 13.1. The molecule has 3 heterocycles. The van der Waals surface area contributed by atoms with Gasteiger partial charge in [0.15, 0.2) is 5.82 Å². The molecule has 3 aromatic heterocycles. The molecule has 0 saturated carbocycles. The zero-order valence-corrected chi connectivity index (χ0v) is 27.8. The highest BCUT2D eigenvalue weighted by Gasteiger charge is 2.27. The number of amides is 1. The van der Waals surface area contributed by atoms with E-state index in [4.69, 9.17) is 4.74 Å². The zero-order valence-electron chi connectivity index (χ0n) is 26.0. The van der Waals surface area contributed by atoms with Gasteiger partial charge in [0.05, 0.1) is 19.4 Å². The van der Waals surface area contributed by atoms with Crippen LogP contribution in [0.4, 0.5) is 9.18 Å². The Hall–Kier alpha value is -3.88. The molecule has 0 aliphatic heterocycles. The van der Waals surface area contributed by atoms with Crippen molar-refractivity contribution in [3.05, 3.63) is 76.3 Å². The number of halogens is 1. The van der Waals surface area contributed by atoms with Gasteiger partial charge in [-0.3, -0.25) is 9.47 Å². The number of ether oxygens (including phenoxy) is 1. The van der Waals surface area contributed by atoms with Crippen molar-refractivity contribution in [1.82, 2.24) is 34.0 Å². The lowest BCUT2D eigenvalue weighted by atomic mass is 10.1. The van der Waals surface area contributed by atoms with Crippen LogP contribution in [0.5, 0.6) is 0 Å². The van der Waals surface area contributed by atoms with Crippen LogP contribution in [0.15, 0.2) is 65.8 Å². The molecule has 11 nitrogen and oxygen atoms in total. The predicted octanol–water partition coefficient (Wildman–Crippen LogP) is 6.02. The van der Waals surface area contributed by atoms with E-state index in [9.17, 15) is 19.1 Å². The second-order valence-corrected chi connectivity index (χ2v) is 19.6. The number of carboxylic acid groups (broad SMARTS) is 1. The Morgan fingerprint density at radius 1 is 1.11 bits per heavy atom. The fourth-order valence-corrected chi connectivity index (χ4v) is 6.06. The van der Waals surface area contributed by atoms with Gasteiger partial charge in [-0.2, -0.15) is 5.10 Å². The van der Waals surface area contributed by atoms with Crippen LogP contribution in [-0.4, -0.2) is 72.0 Å². The minimum Gasteiger partial charge on any atom is -0.465 e. The zero-order chi connectivity index (χ0) is 32.1. The lowest BCUT2D eigenvalue weighted by molar-refractivity contribution is 0.0785. The van der Waals surface area contributed by atoms with Crippen molar-refractivity contribution >= 4 is 25.5 Å². The molecule has 1 amide bonds. The summed E-state index contributed by atoms with van der Waals surface area (Å²) in [5.41, 5.74) is 0.922. The molecule has 1 aromatic carbocycles. The monoisotopic (exact) mass is 641 g/mol. The number of rotatable bonds is 13. The molecule has 0 saturated heterocycles. The summed E-state index contributed by atoms with van der Waals surface area (Å²) >= 11 is 1.56. The number of nitrogens with zero attached hydrogens (tertiary/aromatic N) is 7. The first kappa shape index (κ1) is 33.0. The number of carbonyl (C=O) groups is 1. The van der Waals surface area contributed by atoms with Crippen LogP contribution in [-0.2, 0) is 24.6 Å². The average Bonchev–Trinajstić information content (AvgIpc) is 3.70. The van der Waals surface area contributed by atoms with E-state index in [1.165, 1.54) is 10.9 Å². The molecule has 0 bridgehead atoms. The van der Waals surface area contributed by atoms with E-state index in [2.05, 4.69) is 34.8 Å². The van der Waals surface area contributed by atoms with Gasteiger partial charge in [0, 0.05) is 42.1 Å². The average molecular weight is 642 g/mol. The first-order valence-electron chi connectivity index (χ1n) is 14.3. The summed E-state index contributed by atoms with van der Waals surface area (Å²) in [5, 5.41) is 18.2. The summed E-state index contributed by atoms with van der Waals surface area (Å²) in [6.45, 7) is 13.2. The maximum atomic E-state index is 13.7. The summed E-state index contributed by atoms with van der Waals surface area (Å²) < 4.78 is 23.7. The van der Waals surface area contributed by atoms with E-state index >= 15 is 0 Å². The standard InChI is InChI=1S/C30H40FN7O4SSi/c1-30(2,3)37(29(40)41)16-22(15-31)17-38-28(39)35(20-33-38)18-25-11-12-26(43-25)23-7-9-24(10-8-23)27-32-19-36(34-27)21-42-13-14-44(4,5)6/h7-12,15,19-20H,13-14,16-18,21H2,1-6H3,(H,40,41)/b22-15+. The summed E-state index contributed by atoms with van der Waals surface area (Å²) in [4.78, 5) is 32.2. The normalized spacial score (nSPS) is 12.6. The molecule has 0 unspecified atom stereocenters. The highest BCUT2D eigenvalue weighted by molar-refractivity contribution is 7.15. The Morgan fingerprint density at radius 2 is 1.82 bits per heavy atom. The maximum absolute atomic E-state index is 13.7. The smallest absolute Gasteiger partial charge is 0.408 e. The Labute approximate surface area is 261 Å². The third kappa shape index (κ3) is 8.83. The molecule has 1 N–H and O–H groups in total. The van der Waals surface area contributed by atoms with Gasteiger partial charge in [-0.1, -0.05) is 43.9 Å². The SMILES string of the molecule is CC(C)(C)N(C/C(=C\F)Cn1ncn(Cc2ccc(-c3ccc(-c4ncn(COCC[Si](C)(C)C)n4)cc3)s2)c1=O)C(=O)O. The van der Waals surface area contributed by atoms with Crippen molar-refractivity contribution < 1.29 is 19.0 Å². The number of hydrogen-bond donors (Lipinski definition) is 1. The molecule has 236 valence electrons. The summed E-state index contributed by atoms with van der Waals surface area (Å²) in [7, 11) is -1.13. The van der Waals surface area contributed by atoms with E-state index in [-0.39, 0.29) is 18.7 Å². The van der Waals surface area contributed by atoms with Gasteiger partial charge in [-0.15, -0.1) is 16.4 Å². The van der Waals surface area contributed by atoms with Gasteiger partial charge >= 0.3 is 11.8 Å². The van der Waals surface area contributed by atoms with Crippen molar-refractivity contribution in [2.45, 2.75) is 71.8 Å². The minimum absolute atomic E-state index is 0.129. The molecular formula is C30H40FN7O4SSi. The van der Waals surface area contributed by atoms with Crippen LogP contribution < -0.4 is 5.69 Å². The van der Waals surface area contributed by atoms with Crippen molar-refractivity contribution in [2.24, 2.45) is 0 Å². The van der Waals surface area contributed by atoms with Crippen molar-refractivity contribution in [3.63, 3.8) is 0 Å². The summed E-state index contributed by atoms with van der Waals surface area (Å²) in [6.07, 6.45) is 2.27. The summed E-state index contributed by atoms with van der Waals surface area (Å²) in [5.74, 6) is 0.633. The van der Waals surface area contributed by atoms with Gasteiger partial charge in [-0.25, -0.2) is 28.3 Å². The number of thiophene rings is 1. The van der Waals surface area contributed by atoms with Gasteiger partial charge in [-0.05, 0) is 50.1 Å². The van der Waals surface area contributed by atoms with Crippen LogP contribution in [0, 0.1) is 0 Å². The van der Waals surface area contributed by atoms with E-state index in [0.717, 1.165) is 43.1 Å². The van der Waals surface area contributed by atoms with Crippen LogP contribution in [0.3, 0.4) is 0 Å². The Kier molecular flexibility index (Phi) is 10.4. The molecule has 0 atom stereocenters. The second-order valence-electron chi connectivity index (χ2n) is 12.8. The van der Waals surface area contributed by atoms with E-state index in [1.807, 2.05) is 36.4 Å². The van der Waals surface area contributed by atoms with Crippen molar-refractivity contribution in [2.75, 3.05) is 13.2 Å². The molecular weight excluding hydrogens is 602 g/mol. The number of benzene rings is 1. The van der Waals surface area contributed by atoms with Gasteiger partial charge < -0.3 is 9.84 Å². The predicted molar refractivity (Wildman–Crippen MR) is 172 cm³/mol. The number of aromatic nitrogens is 6. The van der Waals surface area contributed by atoms with E-state index in [1.54, 1.807) is 43.1 Å². The molecule has 0 spiro atoms. The fraction of sp³-hybridized carbons (Fsp3) is 0.433. The second kappa shape index (κ2) is 13.8.